The number of hydrogen-bond acceptors (Lipinski definition) is 4. The minimum absolute atomic E-state index is 0.0406. The summed E-state index contributed by atoms with van der Waals surface area (Å²) in [5, 5.41) is 12.8. The van der Waals surface area contributed by atoms with Gasteiger partial charge in [0.05, 0.1) is 22.7 Å². The third kappa shape index (κ3) is 3.72. The second-order valence-electron chi connectivity index (χ2n) is 4.32. The van der Waals surface area contributed by atoms with Crippen molar-refractivity contribution in [2.24, 2.45) is 11.7 Å². The Morgan fingerprint density at radius 1 is 1.58 bits per heavy atom. The number of benzene rings is 1. The first kappa shape index (κ1) is 15.0. The van der Waals surface area contributed by atoms with Crippen molar-refractivity contribution in [1.29, 1.82) is 0 Å². The lowest BCUT2D eigenvalue weighted by Gasteiger charge is -2.17. The fourth-order valence-corrected chi connectivity index (χ4v) is 1.45. The zero-order chi connectivity index (χ0) is 14.6. The van der Waals surface area contributed by atoms with Crippen molar-refractivity contribution in [3.05, 3.63) is 34.1 Å². The number of anilines is 1. The van der Waals surface area contributed by atoms with E-state index < -0.39 is 22.7 Å². The summed E-state index contributed by atoms with van der Waals surface area (Å²) >= 11 is 0. The van der Waals surface area contributed by atoms with E-state index in [4.69, 9.17) is 5.73 Å². The van der Waals surface area contributed by atoms with Crippen LogP contribution in [0.4, 0.5) is 15.8 Å². The predicted octanol–water partition coefficient (Wildman–Crippen LogP) is 2.05. The smallest absolute Gasteiger partial charge is 0.272 e. The maximum atomic E-state index is 13.6. The van der Waals surface area contributed by atoms with E-state index in [0.717, 1.165) is 24.6 Å². The Labute approximate surface area is 109 Å². The Morgan fingerprint density at radius 2 is 2.21 bits per heavy atom. The summed E-state index contributed by atoms with van der Waals surface area (Å²) in [5.74, 6) is -1.41. The van der Waals surface area contributed by atoms with Crippen LogP contribution >= 0.6 is 0 Å². The lowest BCUT2D eigenvalue weighted by atomic mass is 9.99. The molecule has 19 heavy (non-hydrogen) atoms. The van der Waals surface area contributed by atoms with Crippen molar-refractivity contribution < 1.29 is 14.1 Å². The van der Waals surface area contributed by atoms with Gasteiger partial charge in [0.15, 0.2) is 5.82 Å². The molecule has 0 unspecified atom stereocenters. The Morgan fingerprint density at radius 3 is 2.68 bits per heavy atom. The number of nitrogens with two attached hydrogens (primary N) is 1. The molecule has 1 aromatic rings. The molecule has 6 nitrogen and oxygen atoms in total. The summed E-state index contributed by atoms with van der Waals surface area (Å²) in [4.78, 5) is 21.5. The molecule has 0 fully saturated rings. The van der Waals surface area contributed by atoms with Crippen molar-refractivity contribution in [1.82, 2.24) is 0 Å². The molecule has 0 radical (unpaired) electrons. The quantitative estimate of drug-likeness (QED) is 0.631. The molecule has 0 bridgehead atoms. The molecule has 0 aliphatic heterocycles. The number of nitrogens with one attached hydrogen (secondary N) is 1. The van der Waals surface area contributed by atoms with E-state index in [1.807, 2.05) is 13.8 Å². The van der Waals surface area contributed by atoms with Crippen LogP contribution in [-0.4, -0.2) is 16.9 Å². The molecule has 1 rings (SSSR count). The lowest BCUT2D eigenvalue weighted by molar-refractivity contribution is -0.385. The van der Waals surface area contributed by atoms with Gasteiger partial charge in [-0.1, -0.05) is 20.3 Å². The molecule has 0 saturated carbocycles. The first-order valence-corrected chi connectivity index (χ1v) is 5.87. The van der Waals surface area contributed by atoms with E-state index in [-0.39, 0.29) is 17.3 Å². The van der Waals surface area contributed by atoms with Gasteiger partial charge in [0.2, 0.25) is 5.91 Å². The predicted molar refractivity (Wildman–Crippen MR) is 69.1 cm³/mol. The standard InChI is InChI=1S/C12H16FN3O3/c1-3-7(2)11(14)12(17)15-10-5-4-8(16(18)19)6-9(10)13/h4-7,11H,3,14H2,1-2H3,(H,15,17)/t7-,11-/m0/s1. The largest absolute Gasteiger partial charge is 0.322 e. The van der Waals surface area contributed by atoms with Gasteiger partial charge in [-0.15, -0.1) is 0 Å². The van der Waals surface area contributed by atoms with E-state index >= 15 is 0 Å². The molecule has 7 heteroatoms. The summed E-state index contributed by atoms with van der Waals surface area (Å²) in [6, 6.07) is 2.27. The molecule has 1 amide bonds. The molecule has 1 aromatic carbocycles. The molecule has 0 aliphatic carbocycles. The summed E-state index contributed by atoms with van der Waals surface area (Å²) < 4.78 is 13.6. The maximum Gasteiger partial charge on any atom is 0.272 e. The van der Waals surface area contributed by atoms with E-state index in [1.54, 1.807) is 0 Å². The van der Waals surface area contributed by atoms with Crippen LogP contribution in [0.3, 0.4) is 0 Å². The highest BCUT2D eigenvalue weighted by Gasteiger charge is 2.21. The molecule has 2 atom stereocenters. The van der Waals surface area contributed by atoms with E-state index in [9.17, 15) is 19.3 Å². The molecule has 0 aliphatic rings. The van der Waals surface area contributed by atoms with Crippen molar-refractivity contribution in [3.63, 3.8) is 0 Å². The highest BCUT2D eigenvalue weighted by atomic mass is 19.1. The number of non-ortho nitro benzene ring substituents is 1. The monoisotopic (exact) mass is 269 g/mol. The van der Waals surface area contributed by atoms with Gasteiger partial charge in [0, 0.05) is 6.07 Å². The summed E-state index contributed by atoms with van der Waals surface area (Å²) in [6.45, 7) is 3.71. The molecular weight excluding hydrogens is 253 g/mol. The average Bonchev–Trinajstić information content (AvgIpc) is 2.38. The first-order valence-electron chi connectivity index (χ1n) is 5.87. The zero-order valence-corrected chi connectivity index (χ0v) is 10.7. The van der Waals surface area contributed by atoms with Crippen LogP contribution in [0.5, 0.6) is 0 Å². The normalized spacial score (nSPS) is 13.7. The first-order chi connectivity index (χ1) is 8.86. The van der Waals surface area contributed by atoms with Crippen LogP contribution in [0.25, 0.3) is 0 Å². The highest BCUT2D eigenvalue weighted by Crippen LogP contribution is 2.21. The van der Waals surface area contributed by atoms with Gasteiger partial charge in [-0.05, 0) is 12.0 Å². The highest BCUT2D eigenvalue weighted by molar-refractivity contribution is 5.95. The number of hydrogen-bond donors (Lipinski definition) is 2. The van der Waals surface area contributed by atoms with Crippen LogP contribution in [0.1, 0.15) is 20.3 Å². The average molecular weight is 269 g/mol. The Balaban J connectivity index is 2.83. The molecule has 0 heterocycles. The number of amides is 1. The maximum absolute atomic E-state index is 13.6. The number of carbonyl (C=O) groups is 1. The SMILES string of the molecule is CC[C@H](C)[C@H](N)C(=O)Nc1ccc([N+](=O)[O-])cc1F. The fraction of sp³-hybridized carbons (Fsp3) is 0.417. The molecule has 0 aromatic heterocycles. The van der Waals surface area contributed by atoms with Gasteiger partial charge in [-0.2, -0.15) is 0 Å². The zero-order valence-electron chi connectivity index (χ0n) is 10.7. The van der Waals surface area contributed by atoms with E-state index in [1.165, 1.54) is 0 Å². The topological polar surface area (TPSA) is 98.3 Å². The Bertz CT molecular complexity index is 493. The second-order valence-corrected chi connectivity index (χ2v) is 4.32. The van der Waals surface area contributed by atoms with E-state index in [2.05, 4.69) is 5.32 Å². The van der Waals surface area contributed by atoms with Crippen molar-refractivity contribution in [3.8, 4) is 0 Å². The number of nitro benzene ring substituents is 1. The van der Waals surface area contributed by atoms with Gasteiger partial charge < -0.3 is 11.1 Å². The molecular formula is C12H16FN3O3. The molecule has 0 spiro atoms. The van der Waals surface area contributed by atoms with Gasteiger partial charge >= 0.3 is 0 Å². The number of nitrogens with zero attached hydrogens (tertiary/aromatic N) is 1. The van der Waals surface area contributed by atoms with Gasteiger partial charge in [0.25, 0.3) is 5.69 Å². The lowest BCUT2D eigenvalue weighted by Crippen LogP contribution is -2.40. The van der Waals surface area contributed by atoms with Gasteiger partial charge in [0.1, 0.15) is 0 Å². The molecule has 104 valence electrons. The fourth-order valence-electron chi connectivity index (χ4n) is 1.45. The van der Waals surface area contributed by atoms with Crippen LogP contribution in [0.2, 0.25) is 0 Å². The Kier molecular flexibility index (Phi) is 4.94. The minimum atomic E-state index is -0.862. The van der Waals surface area contributed by atoms with Gasteiger partial charge in [-0.25, -0.2) is 4.39 Å². The molecule has 3 N–H and O–H groups in total. The summed E-state index contributed by atoms with van der Waals surface area (Å²) in [7, 11) is 0. The van der Waals surface area contributed by atoms with Crippen LogP contribution in [-0.2, 0) is 4.79 Å². The minimum Gasteiger partial charge on any atom is -0.322 e. The Hall–Kier alpha value is -2.02. The van der Waals surface area contributed by atoms with Gasteiger partial charge in [-0.3, -0.25) is 14.9 Å². The number of rotatable bonds is 5. The molecule has 0 saturated heterocycles. The van der Waals surface area contributed by atoms with Crippen LogP contribution in [0, 0.1) is 21.8 Å². The second kappa shape index (κ2) is 6.24. The van der Waals surface area contributed by atoms with Crippen LogP contribution < -0.4 is 11.1 Å². The van der Waals surface area contributed by atoms with E-state index in [0.29, 0.717) is 0 Å². The van der Waals surface area contributed by atoms with Crippen LogP contribution in [0.15, 0.2) is 18.2 Å². The van der Waals surface area contributed by atoms with Crippen molar-refractivity contribution in [2.75, 3.05) is 5.32 Å². The number of carbonyl (C=O) groups excluding carboxylic acids is 1. The summed E-state index contributed by atoms with van der Waals surface area (Å²) in [6.07, 6.45) is 0.720. The number of nitro groups is 1. The third-order valence-electron chi connectivity index (χ3n) is 2.98. The third-order valence-corrected chi connectivity index (χ3v) is 2.98. The number of halogens is 1. The van der Waals surface area contributed by atoms with Crippen molar-refractivity contribution in [2.45, 2.75) is 26.3 Å². The summed E-state index contributed by atoms with van der Waals surface area (Å²) in [5.41, 5.74) is 5.21. The van der Waals surface area contributed by atoms with Crippen molar-refractivity contribution >= 4 is 17.3 Å².